The molecule has 0 unspecified atom stereocenters. The van der Waals surface area contributed by atoms with Crippen LogP contribution in [-0.2, 0) is 0 Å². The molecule has 0 saturated carbocycles. The van der Waals surface area contributed by atoms with Crippen molar-refractivity contribution < 1.29 is 8.22 Å². The molecule has 6 heteroatoms. The molecule has 294 valence electrons. The van der Waals surface area contributed by atoms with E-state index < -0.39 is 0 Å². The summed E-state index contributed by atoms with van der Waals surface area (Å²) in [6.07, 6.45) is 0. The Hall–Kier alpha value is -8.19. The predicted molar refractivity (Wildman–Crippen MR) is 263 cm³/mol. The Kier molecular flexibility index (Phi) is 6.75. The molecule has 4 aromatic heterocycles. The number of para-hydroxylation sites is 3. The van der Waals surface area contributed by atoms with E-state index in [4.69, 9.17) is 19.1 Å². The van der Waals surface area contributed by atoms with Gasteiger partial charge in [-0.25, -0.2) is 4.98 Å². The maximum atomic E-state index is 9.72. The van der Waals surface area contributed by atoms with Crippen LogP contribution >= 0.6 is 11.3 Å². The first-order chi connectivity index (χ1) is 33.7. The van der Waals surface area contributed by atoms with E-state index in [1.54, 1.807) is 0 Å². The molecule has 4 heterocycles. The average Bonchev–Trinajstić information content (AvgIpc) is 4.07. The molecule has 0 spiro atoms. The molecule has 0 aliphatic carbocycles. The van der Waals surface area contributed by atoms with E-state index in [2.05, 4.69) is 75.9 Å². The predicted octanol–water partition coefficient (Wildman–Crippen LogP) is 15.1. The van der Waals surface area contributed by atoms with Crippen molar-refractivity contribution in [1.29, 1.82) is 0 Å². The van der Waals surface area contributed by atoms with E-state index in [0.717, 1.165) is 60.3 Å². The number of hydrogen-bond acceptors (Lipinski definition) is 4. The average molecular weight is 828 g/mol. The van der Waals surface area contributed by atoms with Gasteiger partial charge in [0.2, 0.25) is 5.95 Å². The zero-order chi connectivity index (χ0) is 46.7. The molecule has 5 nitrogen and oxygen atoms in total. The van der Waals surface area contributed by atoms with Gasteiger partial charge in [0.25, 0.3) is 0 Å². The lowest BCUT2D eigenvalue weighted by atomic mass is 9.98. The molecule has 0 radical (unpaired) electrons. The van der Waals surface area contributed by atoms with Gasteiger partial charge in [0.15, 0.2) is 11.6 Å². The zero-order valence-electron chi connectivity index (χ0n) is 39.4. The quantitative estimate of drug-likeness (QED) is 0.168. The number of thiophene rings is 1. The van der Waals surface area contributed by atoms with Crippen LogP contribution in [0.5, 0.6) is 0 Å². The van der Waals surface area contributed by atoms with Crippen molar-refractivity contribution in [3.05, 3.63) is 212 Å². The number of rotatable bonds is 6. The van der Waals surface area contributed by atoms with E-state index in [1.807, 2.05) is 103 Å². The lowest BCUT2D eigenvalue weighted by Gasteiger charge is -2.17. The van der Waals surface area contributed by atoms with Crippen LogP contribution in [0, 0.1) is 0 Å². The Morgan fingerprint density at radius 3 is 1.70 bits per heavy atom. The molecule has 0 fully saturated rings. The standard InChI is InChI=1S/C57H35N5S/c1-3-16-36(17-4-1)38-30-32-52-46(34-38)42-22-9-13-28-50(42)62(52)57-59-55(37-18-5-2-6-19-37)58-56(60-57)39-31-33-51(61-48-26-11-7-20-40(48)41-21-8-12-27-49(41)61)47(35-39)45-25-15-24-44-43-23-10-14-29-53(43)63-54(44)45/h1-35H/i10D,15D,23D,24D,25D,29D. The second kappa shape index (κ2) is 14.2. The zero-order valence-corrected chi connectivity index (χ0v) is 34.2. The number of hydrogen-bond donors (Lipinski definition) is 0. The fourth-order valence-electron chi connectivity index (χ4n) is 9.12. The molecule has 0 aliphatic rings. The maximum absolute atomic E-state index is 9.72. The number of nitrogens with zero attached hydrogens (tertiary/aromatic N) is 5. The lowest BCUT2D eigenvalue weighted by Crippen LogP contribution is -2.06. The molecule has 13 aromatic rings. The highest BCUT2D eigenvalue weighted by molar-refractivity contribution is 7.26. The van der Waals surface area contributed by atoms with Gasteiger partial charge in [0.1, 0.15) is 0 Å². The summed E-state index contributed by atoms with van der Waals surface area (Å²) in [5.41, 5.74) is 9.03. The largest absolute Gasteiger partial charge is 0.309 e. The van der Waals surface area contributed by atoms with Crippen LogP contribution in [0.3, 0.4) is 0 Å². The summed E-state index contributed by atoms with van der Waals surface area (Å²) in [7, 11) is 0. The first-order valence-electron chi connectivity index (χ1n) is 23.7. The van der Waals surface area contributed by atoms with Gasteiger partial charge in [-0.2, -0.15) is 9.97 Å². The topological polar surface area (TPSA) is 48.5 Å². The summed E-state index contributed by atoms with van der Waals surface area (Å²) in [6, 6.07) is 57.7. The first kappa shape index (κ1) is 29.9. The highest BCUT2D eigenvalue weighted by atomic mass is 32.1. The summed E-state index contributed by atoms with van der Waals surface area (Å²) >= 11 is 1.22. The monoisotopic (exact) mass is 827 g/mol. The molecule has 0 atom stereocenters. The van der Waals surface area contributed by atoms with Crippen molar-refractivity contribution in [1.82, 2.24) is 24.1 Å². The Morgan fingerprint density at radius 1 is 0.381 bits per heavy atom. The lowest BCUT2D eigenvalue weighted by molar-refractivity contribution is 0.953. The van der Waals surface area contributed by atoms with E-state index in [-0.39, 0.29) is 47.0 Å². The van der Waals surface area contributed by atoms with Crippen LogP contribution in [0.2, 0.25) is 0 Å². The Bertz CT molecular complexity index is 4220. The smallest absolute Gasteiger partial charge is 0.238 e. The van der Waals surface area contributed by atoms with Gasteiger partial charge in [-0.15, -0.1) is 11.3 Å². The minimum Gasteiger partial charge on any atom is -0.309 e. The molecular weight excluding hydrogens is 787 g/mol. The van der Waals surface area contributed by atoms with Crippen LogP contribution in [0.25, 0.3) is 120 Å². The normalized spacial score (nSPS) is 13.1. The van der Waals surface area contributed by atoms with Gasteiger partial charge in [-0.3, -0.25) is 4.57 Å². The third-order valence-corrected chi connectivity index (χ3v) is 13.1. The summed E-state index contributed by atoms with van der Waals surface area (Å²) in [4.78, 5) is 15.7. The Balaban J connectivity index is 1.12. The van der Waals surface area contributed by atoms with Gasteiger partial charge < -0.3 is 4.57 Å². The number of aromatic nitrogens is 5. The van der Waals surface area contributed by atoms with Crippen molar-refractivity contribution in [2.24, 2.45) is 0 Å². The molecule has 9 aromatic carbocycles. The van der Waals surface area contributed by atoms with Crippen LogP contribution in [-0.4, -0.2) is 24.1 Å². The minimum atomic E-state index is -0.312. The maximum Gasteiger partial charge on any atom is 0.238 e. The van der Waals surface area contributed by atoms with Crippen molar-refractivity contribution in [3.63, 3.8) is 0 Å². The number of fused-ring (bicyclic) bond motifs is 9. The van der Waals surface area contributed by atoms with Crippen LogP contribution in [0.4, 0.5) is 0 Å². The van der Waals surface area contributed by atoms with Crippen LogP contribution in [0.1, 0.15) is 8.22 Å². The van der Waals surface area contributed by atoms with Crippen LogP contribution < -0.4 is 0 Å². The van der Waals surface area contributed by atoms with Crippen LogP contribution in [0.15, 0.2) is 212 Å². The summed E-state index contributed by atoms with van der Waals surface area (Å²) in [5, 5.41) is 4.75. The second-order valence-electron chi connectivity index (χ2n) is 15.5. The Labute approximate surface area is 374 Å². The summed E-state index contributed by atoms with van der Waals surface area (Å²) in [6.45, 7) is 0. The molecule has 0 aliphatic heterocycles. The fraction of sp³-hybridized carbons (Fsp3) is 0. The first-order valence-corrected chi connectivity index (χ1v) is 21.5. The third kappa shape index (κ3) is 5.66. The highest BCUT2D eigenvalue weighted by Gasteiger charge is 2.22. The van der Waals surface area contributed by atoms with Gasteiger partial charge in [-0.1, -0.05) is 158 Å². The molecule has 0 bridgehead atoms. The van der Waals surface area contributed by atoms with E-state index in [9.17, 15) is 4.11 Å². The summed E-state index contributed by atoms with van der Waals surface area (Å²) < 4.78 is 59.9. The fourth-order valence-corrected chi connectivity index (χ4v) is 10.2. The molecule has 63 heavy (non-hydrogen) atoms. The Morgan fingerprint density at radius 2 is 0.968 bits per heavy atom. The van der Waals surface area contributed by atoms with Gasteiger partial charge in [-0.05, 0) is 65.7 Å². The van der Waals surface area contributed by atoms with E-state index in [1.165, 1.54) is 17.4 Å². The minimum absolute atomic E-state index is 0.0551. The van der Waals surface area contributed by atoms with E-state index >= 15 is 0 Å². The molecule has 0 saturated heterocycles. The second-order valence-corrected chi connectivity index (χ2v) is 16.5. The van der Waals surface area contributed by atoms with Gasteiger partial charge in [0.05, 0.1) is 36.0 Å². The number of benzene rings is 9. The highest BCUT2D eigenvalue weighted by Crippen LogP contribution is 2.44. The van der Waals surface area contributed by atoms with E-state index in [0.29, 0.717) is 49.4 Å². The van der Waals surface area contributed by atoms with Crippen molar-refractivity contribution >= 4 is 75.1 Å². The SMILES string of the molecule is [2H]c1cc([2H])c2sc3c(-c4cc(-c5nc(-c6ccccc6)nc(-n6c7ccccc7c7cc(-c8ccccc8)ccc76)n5)ccc4-n4c5ccccc5c5ccccc54)c([2H])c([2H])c([2H])c3c2c1[2H]. The molecule has 0 N–H and O–H groups in total. The van der Waals surface area contributed by atoms with Crippen molar-refractivity contribution in [3.8, 4) is 56.7 Å². The van der Waals surface area contributed by atoms with Crippen molar-refractivity contribution in [2.75, 3.05) is 0 Å². The van der Waals surface area contributed by atoms with Crippen molar-refractivity contribution in [2.45, 2.75) is 0 Å². The molecule has 0 amide bonds. The van der Waals surface area contributed by atoms with Gasteiger partial charge >= 0.3 is 0 Å². The molecule has 13 rings (SSSR count). The third-order valence-electron chi connectivity index (χ3n) is 12.0. The molecular formula is C57H35N5S. The van der Waals surface area contributed by atoms with Gasteiger partial charge in [0, 0.05) is 64.0 Å². The summed E-state index contributed by atoms with van der Waals surface area (Å²) in [5.74, 6) is 1.26.